The number of aryl methyl sites for hydroxylation is 1. The van der Waals surface area contributed by atoms with E-state index in [0.29, 0.717) is 18.2 Å². The Balaban J connectivity index is 2.33. The van der Waals surface area contributed by atoms with E-state index >= 15 is 0 Å². The summed E-state index contributed by atoms with van der Waals surface area (Å²) in [5.41, 5.74) is 8.05. The van der Waals surface area contributed by atoms with Crippen LogP contribution in [0.2, 0.25) is 0 Å². The summed E-state index contributed by atoms with van der Waals surface area (Å²) in [5.74, 6) is -0.381. The van der Waals surface area contributed by atoms with Gasteiger partial charge in [-0.25, -0.2) is 0 Å². The summed E-state index contributed by atoms with van der Waals surface area (Å²) in [6.45, 7) is 4.68. The van der Waals surface area contributed by atoms with Gasteiger partial charge in [0.25, 0.3) is 0 Å². The Morgan fingerprint density at radius 1 is 1.42 bits per heavy atom. The fourth-order valence-electron chi connectivity index (χ4n) is 2.70. The molecule has 1 amide bonds. The van der Waals surface area contributed by atoms with E-state index in [1.807, 2.05) is 25.1 Å². The molecule has 0 aromatic heterocycles. The second kappa shape index (κ2) is 5.43. The summed E-state index contributed by atoms with van der Waals surface area (Å²) in [6, 6.07) is 6.14. The molecule has 2 atom stereocenters. The minimum atomic E-state index is -0.253. The van der Waals surface area contributed by atoms with Crippen LogP contribution in [0.15, 0.2) is 18.2 Å². The largest absolute Gasteiger partial charge is 0.369 e. The van der Waals surface area contributed by atoms with Gasteiger partial charge in [0.2, 0.25) is 5.91 Å². The number of primary amides is 1. The van der Waals surface area contributed by atoms with Crippen LogP contribution < -0.4 is 10.6 Å². The lowest BCUT2D eigenvalue weighted by molar-refractivity contribution is -0.122. The second-order valence-electron chi connectivity index (χ2n) is 5.36. The van der Waals surface area contributed by atoms with Gasteiger partial charge in [-0.3, -0.25) is 9.59 Å². The maximum absolute atomic E-state index is 11.4. The van der Waals surface area contributed by atoms with E-state index in [4.69, 9.17) is 5.73 Å². The van der Waals surface area contributed by atoms with Gasteiger partial charge >= 0.3 is 0 Å². The molecule has 0 aliphatic carbocycles. The van der Waals surface area contributed by atoms with Crippen LogP contribution in [0.25, 0.3) is 0 Å². The number of benzene rings is 1. The number of rotatable bonds is 3. The third-order valence-corrected chi connectivity index (χ3v) is 3.90. The SMILES string of the molecule is Cc1ccc(N2CC(C(N)=O)CCC2C)c(C=O)c1. The normalized spacial score (nSPS) is 23.2. The maximum atomic E-state index is 11.4. The van der Waals surface area contributed by atoms with Crippen LogP contribution in [-0.2, 0) is 4.79 Å². The Labute approximate surface area is 113 Å². The van der Waals surface area contributed by atoms with Crippen molar-refractivity contribution >= 4 is 17.9 Å². The van der Waals surface area contributed by atoms with Crippen LogP contribution in [0.4, 0.5) is 5.69 Å². The Kier molecular flexibility index (Phi) is 3.88. The van der Waals surface area contributed by atoms with Crippen LogP contribution >= 0.6 is 0 Å². The number of nitrogens with two attached hydrogens (primary N) is 1. The lowest BCUT2D eigenvalue weighted by Crippen LogP contribution is -2.46. The molecule has 0 bridgehead atoms. The number of anilines is 1. The quantitative estimate of drug-likeness (QED) is 0.844. The minimum Gasteiger partial charge on any atom is -0.369 e. The van der Waals surface area contributed by atoms with Gasteiger partial charge in [0.15, 0.2) is 6.29 Å². The Morgan fingerprint density at radius 3 is 2.79 bits per heavy atom. The summed E-state index contributed by atoms with van der Waals surface area (Å²) < 4.78 is 0. The Bertz CT molecular complexity index is 499. The molecule has 1 fully saturated rings. The van der Waals surface area contributed by atoms with Gasteiger partial charge in [0, 0.05) is 23.8 Å². The smallest absolute Gasteiger partial charge is 0.222 e. The first kappa shape index (κ1) is 13.6. The number of aldehydes is 1. The van der Waals surface area contributed by atoms with E-state index in [9.17, 15) is 9.59 Å². The third-order valence-electron chi connectivity index (χ3n) is 3.90. The van der Waals surface area contributed by atoms with Gasteiger partial charge in [-0.15, -0.1) is 0 Å². The molecule has 1 aliphatic heterocycles. The molecule has 102 valence electrons. The standard InChI is InChI=1S/C15H20N2O2/c1-10-3-6-14(13(7-10)9-18)17-8-12(15(16)19)5-4-11(17)2/h3,6-7,9,11-12H,4-5,8H2,1-2H3,(H2,16,19). The zero-order chi connectivity index (χ0) is 14.0. The summed E-state index contributed by atoms with van der Waals surface area (Å²) in [4.78, 5) is 24.7. The molecule has 2 unspecified atom stereocenters. The molecule has 1 heterocycles. The van der Waals surface area contributed by atoms with Gasteiger partial charge in [0.1, 0.15) is 0 Å². The zero-order valence-electron chi connectivity index (χ0n) is 11.4. The van der Waals surface area contributed by atoms with Gasteiger partial charge in [0.05, 0.1) is 5.92 Å². The topological polar surface area (TPSA) is 63.4 Å². The lowest BCUT2D eigenvalue weighted by Gasteiger charge is -2.39. The van der Waals surface area contributed by atoms with Crippen molar-refractivity contribution in [3.05, 3.63) is 29.3 Å². The highest BCUT2D eigenvalue weighted by Crippen LogP contribution is 2.30. The zero-order valence-corrected chi connectivity index (χ0v) is 11.4. The molecular formula is C15H20N2O2. The molecule has 2 N–H and O–H groups in total. The van der Waals surface area contributed by atoms with Crippen LogP contribution in [0.3, 0.4) is 0 Å². The van der Waals surface area contributed by atoms with Crippen LogP contribution in [0, 0.1) is 12.8 Å². The van der Waals surface area contributed by atoms with Crippen molar-refractivity contribution in [1.29, 1.82) is 0 Å². The lowest BCUT2D eigenvalue weighted by atomic mass is 9.91. The molecule has 4 nitrogen and oxygen atoms in total. The number of amides is 1. The monoisotopic (exact) mass is 260 g/mol. The Hall–Kier alpha value is -1.84. The van der Waals surface area contributed by atoms with E-state index < -0.39 is 0 Å². The summed E-state index contributed by atoms with van der Waals surface area (Å²) >= 11 is 0. The van der Waals surface area contributed by atoms with Crippen molar-refractivity contribution in [2.24, 2.45) is 11.7 Å². The molecule has 1 aliphatic rings. The van der Waals surface area contributed by atoms with E-state index in [1.165, 1.54) is 0 Å². The first-order valence-electron chi connectivity index (χ1n) is 6.64. The number of carbonyl (C=O) groups is 2. The minimum absolute atomic E-state index is 0.128. The predicted molar refractivity (Wildman–Crippen MR) is 75.3 cm³/mol. The molecule has 1 saturated heterocycles. The summed E-state index contributed by atoms with van der Waals surface area (Å²) in [6.07, 6.45) is 2.62. The number of carbonyl (C=O) groups excluding carboxylic acids is 2. The highest BCUT2D eigenvalue weighted by Gasteiger charge is 2.29. The molecule has 1 aromatic rings. The average Bonchev–Trinajstić information content (AvgIpc) is 2.39. The molecule has 19 heavy (non-hydrogen) atoms. The van der Waals surface area contributed by atoms with Gasteiger partial charge in [-0.05, 0) is 38.8 Å². The van der Waals surface area contributed by atoms with Crippen molar-refractivity contribution in [1.82, 2.24) is 0 Å². The number of piperidine rings is 1. The van der Waals surface area contributed by atoms with Gasteiger partial charge < -0.3 is 10.6 Å². The predicted octanol–water partition coefficient (Wildman–Crippen LogP) is 1.90. The molecule has 2 rings (SSSR count). The van der Waals surface area contributed by atoms with Crippen LogP contribution in [0.1, 0.15) is 35.7 Å². The second-order valence-corrected chi connectivity index (χ2v) is 5.36. The molecule has 1 aromatic carbocycles. The molecule has 0 radical (unpaired) electrons. The van der Waals surface area contributed by atoms with Crippen LogP contribution in [-0.4, -0.2) is 24.8 Å². The van der Waals surface area contributed by atoms with Crippen LogP contribution in [0.5, 0.6) is 0 Å². The first-order chi connectivity index (χ1) is 9.02. The fraction of sp³-hybridized carbons (Fsp3) is 0.467. The van der Waals surface area contributed by atoms with E-state index in [1.54, 1.807) is 0 Å². The fourth-order valence-corrected chi connectivity index (χ4v) is 2.70. The van der Waals surface area contributed by atoms with Crippen molar-refractivity contribution in [2.45, 2.75) is 32.7 Å². The Morgan fingerprint density at radius 2 is 2.16 bits per heavy atom. The maximum Gasteiger partial charge on any atom is 0.222 e. The van der Waals surface area contributed by atoms with Gasteiger partial charge in [-0.2, -0.15) is 0 Å². The van der Waals surface area contributed by atoms with Crippen molar-refractivity contribution in [3.8, 4) is 0 Å². The van der Waals surface area contributed by atoms with Crippen molar-refractivity contribution < 1.29 is 9.59 Å². The van der Waals surface area contributed by atoms with Gasteiger partial charge in [-0.1, -0.05) is 11.6 Å². The van der Waals surface area contributed by atoms with Crippen molar-refractivity contribution in [3.63, 3.8) is 0 Å². The average molecular weight is 260 g/mol. The van der Waals surface area contributed by atoms with E-state index in [2.05, 4.69) is 11.8 Å². The molecular weight excluding hydrogens is 240 g/mol. The first-order valence-corrected chi connectivity index (χ1v) is 6.64. The summed E-state index contributed by atoms with van der Waals surface area (Å²) in [5, 5.41) is 0. The van der Waals surface area contributed by atoms with Crippen molar-refractivity contribution in [2.75, 3.05) is 11.4 Å². The number of hydrogen-bond donors (Lipinski definition) is 1. The molecule has 0 saturated carbocycles. The van der Waals surface area contributed by atoms with E-state index in [0.717, 1.165) is 30.4 Å². The highest BCUT2D eigenvalue weighted by molar-refractivity contribution is 5.85. The number of hydrogen-bond acceptors (Lipinski definition) is 3. The van der Waals surface area contributed by atoms with E-state index in [-0.39, 0.29) is 11.8 Å². The highest BCUT2D eigenvalue weighted by atomic mass is 16.1. The molecule has 0 spiro atoms. The molecule has 4 heteroatoms. The summed E-state index contributed by atoms with van der Waals surface area (Å²) in [7, 11) is 0. The third kappa shape index (κ3) is 2.78. The number of nitrogens with zero attached hydrogens (tertiary/aromatic N) is 1.